The molecule has 144 valence electrons. The molecule has 1 unspecified atom stereocenters. The second-order valence-electron chi connectivity index (χ2n) is 7.65. The Balaban J connectivity index is 1.81. The van der Waals surface area contributed by atoms with E-state index < -0.39 is 11.9 Å². The van der Waals surface area contributed by atoms with Gasteiger partial charge in [-0.1, -0.05) is 13.0 Å². The lowest BCUT2D eigenvalue weighted by Crippen LogP contribution is -2.25. The zero-order chi connectivity index (χ0) is 19.8. The SMILES string of the molecule is CCc1cc(OCc2cc(F)cc3c2OC(C)(C)C3)ccc1C(C)C(=O)O. The Morgan fingerprint density at radius 2 is 2.04 bits per heavy atom. The maximum Gasteiger partial charge on any atom is 0.310 e. The number of carboxylic acid groups (broad SMARTS) is 1. The Labute approximate surface area is 158 Å². The Hall–Kier alpha value is -2.56. The summed E-state index contributed by atoms with van der Waals surface area (Å²) >= 11 is 0. The van der Waals surface area contributed by atoms with E-state index in [4.69, 9.17) is 9.47 Å². The van der Waals surface area contributed by atoms with E-state index >= 15 is 0 Å². The maximum absolute atomic E-state index is 14.0. The summed E-state index contributed by atoms with van der Waals surface area (Å²) in [6, 6.07) is 8.38. The van der Waals surface area contributed by atoms with Gasteiger partial charge >= 0.3 is 5.97 Å². The number of carbonyl (C=O) groups is 1. The van der Waals surface area contributed by atoms with Gasteiger partial charge in [-0.25, -0.2) is 4.39 Å². The first-order valence-corrected chi connectivity index (χ1v) is 9.19. The molecule has 0 saturated heterocycles. The van der Waals surface area contributed by atoms with Gasteiger partial charge in [-0.2, -0.15) is 0 Å². The molecule has 0 bridgehead atoms. The highest BCUT2D eigenvalue weighted by molar-refractivity contribution is 5.76. The highest BCUT2D eigenvalue weighted by Gasteiger charge is 2.32. The molecule has 0 amide bonds. The summed E-state index contributed by atoms with van der Waals surface area (Å²) in [7, 11) is 0. The van der Waals surface area contributed by atoms with Gasteiger partial charge in [0.2, 0.25) is 0 Å². The van der Waals surface area contributed by atoms with Crippen LogP contribution in [0.2, 0.25) is 0 Å². The van der Waals surface area contributed by atoms with Crippen molar-refractivity contribution in [3.05, 3.63) is 58.4 Å². The predicted molar refractivity (Wildman–Crippen MR) is 101 cm³/mol. The summed E-state index contributed by atoms with van der Waals surface area (Å²) in [5.41, 5.74) is 2.91. The lowest BCUT2D eigenvalue weighted by Gasteiger charge is -2.18. The normalized spacial score (nSPS) is 15.7. The van der Waals surface area contributed by atoms with Gasteiger partial charge in [0.05, 0.1) is 5.92 Å². The van der Waals surface area contributed by atoms with E-state index in [1.807, 2.05) is 26.8 Å². The average Bonchev–Trinajstić information content (AvgIpc) is 2.92. The van der Waals surface area contributed by atoms with E-state index in [-0.39, 0.29) is 18.0 Å². The van der Waals surface area contributed by atoms with E-state index in [2.05, 4.69) is 0 Å². The van der Waals surface area contributed by atoms with Gasteiger partial charge in [0.25, 0.3) is 0 Å². The van der Waals surface area contributed by atoms with Crippen molar-refractivity contribution in [3.63, 3.8) is 0 Å². The highest BCUT2D eigenvalue weighted by Crippen LogP contribution is 2.39. The number of fused-ring (bicyclic) bond motifs is 1. The fourth-order valence-electron chi connectivity index (χ4n) is 3.55. The smallest absolute Gasteiger partial charge is 0.310 e. The molecular formula is C22H25FO4. The molecule has 1 aliphatic rings. The van der Waals surface area contributed by atoms with Gasteiger partial charge in [-0.3, -0.25) is 4.79 Å². The number of aliphatic carboxylic acids is 1. The van der Waals surface area contributed by atoms with Crippen molar-refractivity contribution in [1.82, 2.24) is 0 Å². The monoisotopic (exact) mass is 372 g/mol. The van der Waals surface area contributed by atoms with Gasteiger partial charge < -0.3 is 14.6 Å². The quantitative estimate of drug-likeness (QED) is 0.786. The number of carboxylic acids is 1. The van der Waals surface area contributed by atoms with Crippen LogP contribution in [0.3, 0.4) is 0 Å². The molecule has 0 radical (unpaired) electrons. The first kappa shape index (κ1) is 19.2. The third kappa shape index (κ3) is 4.07. The molecule has 1 aliphatic heterocycles. The van der Waals surface area contributed by atoms with Crippen LogP contribution in [0.5, 0.6) is 11.5 Å². The molecule has 0 aromatic heterocycles. The fourth-order valence-corrected chi connectivity index (χ4v) is 3.55. The van der Waals surface area contributed by atoms with Crippen LogP contribution in [-0.2, 0) is 24.2 Å². The molecule has 0 aliphatic carbocycles. The molecule has 0 fully saturated rings. The van der Waals surface area contributed by atoms with Gasteiger partial charge in [-0.15, -0.1) is 0 Å². The number of aryl methyl sites for hydroxylation is 1. The number of hydrogen-bond acceptors (Lipinski definition) is 3. The molecule has 2 aromatic rings. The Kier molecular flexibility index (Phi) is 5.13. The number of hydrogen-bond donors (Lipinski definition) is 1. The zero-order valence-electron chi connectivity index (χ0n) is 16.1. The van der Waals surface area contributed by atoms with Crippen molar-refractivity contribution in [2.45, 2.75) is 58.7 Å². The molecule has 0 spiro atoms. The summed E-state index contributed by atoms with van der Waals surface area (Å²) in [5.74, 6) is -0.394. The molecule has 1 atom stereocenters. The molecule has 1 heterocycles. The zero-order valence-corrected chi connectivity index (χ0v) is 16.1. The minimum absolute atomic E-state index is 0.188. The number of benzene rings is 2. The highest BCUT2D eigenvalue weighted by atomic mass is 19.1. The minimum Gasteiger partial charge on any atom is -0.489 e. The second kappa shape index (κ2) is 7.22. The van der Waals surface area contributed by atoms with Crippen LogP contribution >= 0.6 is 0 Å². The van der Waals surface area contributed by atoms with Crippen molar-refractivity contribution < 1.29 is 23.8 Å². The van der Waals surface area contributed by atoms with Crippen molar-refractivity contribution >= 4 is 5.97 Å². The molecule has 2 aromatic carbocycles. The topological polar surface area (TPSA) is 55.8 Å². The van der Waals surface area contributed by atoms with E-state index in [1.54, 1.807) is 19.1 Å². The van der Waals surface area contributed by atoms with Crippen molar-refractivity contribution in [1.29, 1.82) is 0 Å². The lowest BCUT2D eigenvalue weighted by molar-refractivity contribution is -0.138. The average molecular weight is 372 g/mol. The van der Waals surface area contributed by atoms with Crippen LogP contribution in [0.1, 0.15) is 55.9 Å². The fraction of sp³-hybridized carbons (Fsp3) is 0.409. The largest absolute Gasteiger partial charge is 0.489 e. The van der Waals surface area contributed by atoms with Gasteiger partial charge in [0, 0.05) is 17.5 Å². The summed E-state index contributed by atoms with van der Waals surface area (Å²) in [5, 5.41) is 9.25. The van der Waals surface area contributed by atoms with Crippen molar-refractivity contribution in [2.24, 2.45) is 0 Å². The third-order valence-electron chi connectivity index (χ3n) is 4.93. The maximum atomic E-state index is 14.0. The molecular weight excluding hydrogens is 347 g/mol. The number of ether oxygens (including phenoxy) is 2. The first-order valence-electron chi connectivity index (χ1n) is 9.19. The Morgan fingerprint density at radius 1 is 1.30 bits per heavy atom. The number of halogens is 1. The van der Waals surface area contributed by atoms with E-state index in [0.29, 0.717) is 29.9 Å². The number of rotatable bonds is 6. The van der Waals surface area contributed by atoms with Crippen LogP contribution in [0, 0.1) is 5.82 Å². The molecule has 1 N–H and O–H groups in total. The standard InChI is InChI=1S/C22H25FO4/c1-5-14-10-18(6-7-19(14)13(2)21(24)25)26-12-16-9-17(23)8-15-11-22(3,4)27-20(15)16/h6-10,13H,5,11-12H2,1-4H3,(H,24,25). The van der Waals surface area contributed by atoms with E-state index in [1.165, 1.54) is 12.1 Å². The van der Waals surface area contributed by atoms with Crippen LogP contribution < -0.4 is 9.47 Å². The van der Waals surface area contributed by atoms with Crippen LogP contribution in [0.4, 0.5) is 4.39 Å². The third-order valence-corrected chi connectivity index (χ3v) is 4.93. The van der Waals surface area contributed by atoms with Crippen LogP contribution in [-0.4, -0.2) is 16.7 Å². The van der Waals surface area contributed by atoms with E-state index in [9.17, 15) is 14.3 Å². The minimum atomic E-state index is -0.853. The summed E-state index contributed by atoms with van der Waals surface area (Å²) < 4.78 is 25.8. The Bertz CT molecular complexity index is 873. The Morgan fingerprint density at radius 3 is 2.70 bits per heavy atom. The predicted octanol–water partition coefficient (Wildman–Crippen LogP) is 4.87. The van der Waals surface area contributed by atoms with Crippen molar-refractivity contribution in [3.8, 4) is 11.5 Å². The molecule has 27 heavy (non-hydrogen) atoms. The van der Waals surface area contributed by atoms with Gasteiger partial charge in [0.15, 0.2) is 0 Å². The molecule has 5 heteroatoms. The summed E-state index contributed by atoms with van der Waals surface area (Å²) in [6.07, 6.45) is 1.37. The molecule has 0 saturated carbocycles. The second-order valence-corrected chi connectivity index (χ2v) is 7.65. The first-order chi connectivity index (χ1) is 12.7. The van der Waals surface area contributed by atoms with Crippen LogP contribution in [0.15, 0.2) is 30.3 Å². The molecule has 4 nitrogen and oxygen atoms in total. The molecule has 3 rings (SSSR count). The van der Waals surface area contributed by atoms with Crippen LogP contribution in [0.25, 0.3) is 0 Å². The summed E-state index contributed by atoms with van der Waals surface area (Å²) in [4.78, 5) is 11.3. The van der Waals surface area contributed by atoms with E-state index in [0.717, 1.165) is 16.7 Å². The van der Waals surface area contributed by atoms with Crippen molar-refractivity contribution in [2.75, 3.05) is 0 Å². The summed E-state index contributed by atoms with van der Waals surface area (Å²) in [6.45, 7) is 7.79. The van der Waals surface area contributed by atoms with Gasteiger partial charge in [0.1, 0.15) is 29.5 Å². The van der Waals surface area contributed by atoms with Gasteiger partial charge in [-0.05, 0) is 62.6 Å². The lowest BCUT2D eigenvalue weighted by atomic mass is 9.94.